The van der Waals surface area contributed by atoms with E-state index in [4.69, 9.17) is 0 Å². The van der Waals surface area contributed by atoms with Crippen molar-refractivity contribution < 1.29 is 9.90 Å². The molecular weight excluding hydrogens is 256 g/mol. The van der Waals surface area contributed by atoms with E-state index >= 15 is 0 Å². The van der Waals surface area contributed by atoms with Crippen LogP contribution in [0, 0.1) is 19.3 Å². The van der Waals surface area contributed by atoms with E-state index in [1.807, 2.05) is 13.8 Å². The van der Waals surface area contributed by atoms with Crippen molar-refractivity contribution in [2.24, 2.45) is 5.41 Å². The van der Waals surface area contributed by atoms with Crippen LogP contribution in [0.4, 0.5) is 4.79 Å². The molecule has 0 fully saturated rings. The van der Waals surface area contributed by atoms with E-state index in [1.165, 1.54) is 0 Å². The molecule has 0 saturated heterocycles. The van der Waals surface area contributed by atoms with Crippen LogP contribution in [0.15, 0.2) is 0 Å². The summed E-state index contributed by atoms with van der Waals surface area (Å²) in [6, 6.07) is -0.505. The fourth-order valence-corrected chi connectivity index (χ4v) is 2.14. The number of nitrogens with one attached hydrogen (secondary N) is 3. The summed E-state index contributed by atoms with van der Waals surface area (Å²) in [5.74, 6) is 0. The first-order valence-corrected chi connectivity index (χ1v) is 6.88. The number of amides is 2. The number of H-pyrrole nitrogens is 1. The molecular formula is C14H26N4O2. The average molecular weight is 282 g/mol. The summed E-state index contributed by atoms with van der Waals surface area (Å²) < 4.78 is 0. The van der Waals surface area contributed by atoms with Crippen LogP contribution in [0.3, 0.4) is 0 Å². The monoisotopic (exact) mass is 282 g/mol. The third-order valence-electron chi connectivity index (χ3n) is 3.12. The number of nitrogens with zero attached hydrogens (tertiary/aromatic N) is 1. The van der Waals surface area contributed by atoms with Gasteiger partial charge in [0, 0.05) is 17.8 Å². The Hall–Kier alpha value is -1.56. The molecule has 1 aromatic heterocycles. The summed E-state index contributed by atoms with van der Waals surface area (Å²) in [5, 5.41) is 21.9. The Morgan fingerprint density at radius 3 is 2.50 bits per heavy atom. The Morgan fingerprint density at radius 2 is 2.05 bits per heavy atom. The number of carbonyl (C=O) groups excluding carboxylic acids is 1. The third kappa shape index (κ3) is 5.21. The van der Waals surface area contributed by atoms with Crippen LogP contribution < -0.4 is 10.6 Å². The number of urea groups is 1. The largest absolute Gasteiger partial charge is 0.394 e. The van der Waals surface area contributed by atoms with E-state index in [-0.39, 0.29) is 24.1 Å². The van der Waals surface area contributed by atoms with E-state index in [1.54, 1.807) is 0 Å². The van der Waals surface area contributed by atoms with Crippen LogP contribution in [0.2, 0.25) is 0 Å². The van der Waals surface area contributed by atoms with E-state index in [9.17, 15) is 9.90 Å². The normalized spacial score (nSPS) is 13.1. The molecule has 6 nitrogen and oxygen atoms in total. The van der Waals surface area contributed by atoms with Gasteiger partial charge in [0.1, 0.15) is 0 Å². The fraction of sp³-hybridized carbons (Fsp3) is 0.714. The number of aromatic amines is 1. The highest BCUT2D eigenvalue weighted by atomic mass is 16.3. The molecule has 0 saturated carbocycles. The van der Waals surface area contributed by atoms with Gasteiger partial charge >= 0.3 is 6.03 Å². The molecule has 1 aromatic rings. The molecule has 0 bridgehead atoms. The first-order chi connectivity index (χ1) is 9.23. The molecule has 4 N–H and O–H groups in total. The van der Waals surface area contributed by atoms with Gasteiger partial charge in [0.15, 0.2) is 0 Å². The summed E-state index contributed by atoms with van der Waals surface area (Å²) in [4.78, 5) is 11.9. The number of hydrogen-bond acceptors (Lipinski definition) is 3. The number of aryl methyl sites for hydroxylation is 2. The lowest BCUT2D eigenvalue weighted by Gasteiger charge is -2.25. The molecule has 0 aliphatic carbocycles. The van der Waals surface area contributed by atoms with Crippen LogP contribution in [-0.4, -0.2) is 34.0 Å². The fourth-order valence-electron chi connectivity index (χ4n) is 2.14. The minimum Gasteiger partial charge on any atom is -0.394 e. The van der Waals surface area contributed by atoms with Gasteiger partial charge < -0.3 is 15.7 Å². The second-order valence-corrected chi connectivity index (χ2v) is 6.38. The second kappa shape index (κ2) is 6.74. The standard InChI is InChI=1S/C14H26N4O2/c1-9-12(10(2)18-17-9)7-15-13(20)16-11(8-19)6-14(3,4)5/h11,19H,6-8H2,1-5H3,(H,17,18)(H2,15,16,20). The van der Waals surface area contributed by atoms with E-state index in [0.29, 0.717) is 6.54 Å². The van der Waals surface area contributed by atoms with Crippen molar-refractivity contribution in [1.82, 2.24) is 20.8 Å². The van der Waals surface area contributed by atoms with Crippen molar-refractivity contribution in [1.29, 1.82) is 0 Å². The van der Waals surface area contributed by atoms with Crippen molar-refractivity contribution in [3.05, 3.63) is 17.0 Å². The molecule has 0 spiro atoms. The van der Waals surface area contributed by atoms with Gasteiger partial charge in [-0.25, -0.2) is 4.79 Å². The summed E-state index contributed by atoms with van der Waals surface area (Å²) in [6.07, 6.45) is 0.723. The highest BCUT2D eigenvalue weighted by Crippen LogP contribution is 2.20. The van der Waals surface area contributed by atoms with Crippen LogP contribution in [0.1, 0.15) is 44.1 Å². The summed E-state index contributed by atoms with van der Waals surface area (Å²) in [6.45, 7) is 10.4. The van der Waals surface area contributed by atoms with E-state index < -0.39 is 0 Å². The Bertz CT molecular complexity index is 429. The van der Waals surface area contributed by atoms with Crippen molar-refractivity contribution in [3.63, 3.8) is 0 Å². The number of carbonyl (C=O) groups is 1. The van der Waals surface area contributed by atoms with E-state index in [2.05, 4.69) is 41.6 Å². The highest BCUT2D eigenvalue weighted by Gasteiger charge is 2.19. The number of rotatable bonds is 5. The summed E-state index contributed by atoms with van der Waals surface area (Å²) in [7, 11) is 0. The van der Waals surface area contributed by atoms with Gasteiger partial charge in [0.2, 0.25) is 0 Å². The van der Waals surface area contributed by atoms with Crippen molar-refractivity contribution in [3.8, 4) is 0 Å². The van der Waals surface area contributed by atoms with Gasteiger partial charge in [-0.05, 0) is 25.7 Å². The molecule has 0 aromatic carbocycles. The van der Waals surface area contributed by atoms with Gasteiger partial charge in [0.05, 0.1) is 18.3 Å². The van der Waals surface area contributed by atoms with Gasteiger partial charge in [-0.2, -0.15) is 5.10 Å². The minimum absolute atomic E-state index is 0.0540. The smallest absolute Gasteiger partial charge is 0.315 e. The molecule has 0 aliphatic rings. The minimum atomic E-state index is -0.270. The van der Waals surface area contributed by atoms with Crippen molar-refractivity contribution >= 4 is 6.03 Å². The maximum Gasteiger partial charge on any atom is 0.315 e. The lowest BCUT2D eigenvalue weighted by molar-refractivity contribution is 0.190. The first kappa shape index (κ1) is 16.5. The zero-order valence-electron chi connectivity index (χ0n) is 13.0. The Labute approximate surface area is 120 Å². The molecule has 0 radical (unpaired) electrons. The third-order valence-corrected chi connectivity index (χ3v) is 3.12. The number of hydrogen-bond donors (Lipinski definition) is 4. The van der Waals surface area contributed by atoms with Crippen LogP contribution in [0.25, 0.3) is 0 Å². The van der Waals surface area contributed by atoms with Crippen LogP contribution in [-0.2, 0) is 6.54 Å². The Kier molecular flexibility index (Phi) is 5.56. The molecule has 0 aliphatic heterocycles. The summed E-state index contributed by atoms with van der Waals surface area (Å²) in [5.41, 5.74) is 2.89. The lowest BCUT2D eigenvalue weighted by atomic mass is 9.88. The highest BCUT2D eigenvalue weighted by molar-refractivity contribution is 5.74. The zero-order chi connectivity index (χ0) is 15.3. The maximum atomic E-state index is 11.9. The molecule has 20 heavy (non-hydrogen) atoms. The first-order valence-electron chi connectivity index (χ1n) is 6.88. The van der Waals surface area contributed by atoms with Crippen molar-refractivity contribution in [2.75, 3.05) is 6.61 Å². The van der Waals surface area contributed by atoms with Crippen LogP contribution in [0.5, 0.6) is 0 Å². The van der Waals surface area contributed by atoms with Gasteiger partial charge in [-0.3, -0.25) is 5.10 Å². The summed E-state index contributed by atoms with van der Waals surface area (Å²) >= 11 is 0. The zero-order valence-corrected chi connectivity index (χ0v) is 13.0. The predicted octanol–water partition coefficient (Wildman–Crippen LogP) is 1.62. The van der Waals surface area contributed by atoms with Gasteiger partial charge in [-0.1, -0.05) is 20.8 Å². The molecule has 1 atom stereocenters. The molecule has 114 valence electrons. The molecule has 2 amide bonds. The molecule has 1 unspecified atom stereocenters. The second-order valence-electron chi connectivity index (χ2n) is 6.38. The van der Waals surface area contributed by atoms with Crippen molar-refractivity contribution in [2.45, 2.75) is 53.6 Å². The van der Waals surface area contributed by atoms with Gasteiger partial charge in [-0.15, -0.1) is 0 Å². The van der Waals surface area contributed by atoms with Crippen LogP contribution >= 0.6 is 0 Å². The average Bonchev–Trinajstić information content (AvgIpc) is 2.64. The topological polar surface area (TPSA) is 90.0 Å². The quantitative estimate of drug-likeness (QED) is 0.661. The maximum absolute atomic E-state index is 11.9. The molecule has 6 heteroatoms. The Morgan fingerprint density at radius 1 is 1.40 bits per heavy atom. The van der Waals surface area contributed by atoms with E-state index in [0.717, 1.165) is 23.4 Å². The predicted molar refractivity (Wildman–Crippen MR) is 78.4 cm³/mol. The number of aliphatic hydroxyl groups is 1. The van der Waals surface area contributed by atoms with Gasteiger partial charge in [0.25, 0.3) is 0 Å². The SMILES string of the molecule is Cc1n[nH]c(C)c1CNC(=O)NC(CO)CC(C)(C)C. The number of aromatic nitrogens is 2. The molecule has 1 rings (SSSR count). The Balaban J connectivity index is 2.47. The lowest BCUT2D eigenvalue weighted by Crippen LogP contribution is -2.45. The molecule has 1 heterocycles. The number of aliphatic hydroxyl groups excluding tert-OH is 1.